The number of piperidine rings is 1. The zero-order valence-corrected chi connectivity index (χ0v) is 14.9. The summed E-state index contributed by atoms with van der Waals surface area (Å²) in [5.41, 5.74) is 0.313. The highest BCUT2D eigenvalue weighted by Crippen LogP contribution is 2.23. The molecule has 0 saturated carbocycles. The van der Waals surface area contributed by atoms with Gasteiger partial charge in [0.2, 0.25) is 5.95 Å². The third-order valence-corrected chi connectivity index (χ3v) is 4.05. The summed E-state index contributed by atoms with van der Waals surface area (Å²) in [6.45, 7) is -1.04. The Morgan fingerprint density at radius 3 is 2.58 bits per heavy atom. The molecule has 0 aliphatic carbocycles. The van der Waals surface area contributed by atoms with E-state index in [1.165, 1.54) is 28.9 Å². The topological polar surface area (TPSA) is 81.1 Å². The molecule has 26 heavy (non-hydrogen) atoms. The Balaban J connectivity index is 0.00000243. The lowest BCUT2D eigenvalue weighted by Crippen LogP contribution is -2.27. The standard InChI is InChI=1S/C16H19F2N5O2.ClH/c1-23-16(20-13(22-23)10-6-8-19-9-7-10)21-14(24)11-2-4-12(5-3-11)25-15(17)18;/h2-5,10,15,19H,6-9H2,1H3,(H,20,21,22,24);1H. The molecule has 1 aliphatic heterocycles. The highest BCUT2D eigenvalue weighted by molar-refractivity contribution is 6.03. The lowest BCUT2D eigenvalue weighted by molar-refractivity contribution is -0.0498. The average molecular weight is 388 g/mol. The molecule has 0 unspecified atom stereocenters. The van der Waals surface area contributed by atoms with Crippen LogP contribution in [-0.4, -0.2) is 40.4 Å². The second kappa shape index (κ2) is 8.91. The number of amides is 1. The molecule has 1 aromatic heterocycles. The zero-order valence-electron chi connectivity index (χ0n) is 14.1. The van der Waals surface area contributed by atoms with E-state index in [-0.39, 0.29) is 24.1 Å². The van der Waals surface area contributed by atoms with Crippen molar-refractivity contribution in [2.45, 2.75) is 25.4 Å². The number of aryl methyl sites for hydroxylation is 1. The molecular weight excluding hydrogens is 368 g/mol. The van der Waals surface area contributed by atoms with E-state index in [0.29, 0.717) is 11.5 Å². The second-order valence-corrected chi connectivity index (χ2v) is 5.80. The van der Waals surface area contributed by atoms with Crippen molar-refractivity contribution in [3.05, 3.63) is 35.7 Å². The molecule has 7 nitrogen and oxygen atoms in total. The molecule has 1 amide bonds. The summed E-state index contributed by atoms with van der Waals surface area (Å²) in [6, 6.07) is 5.46. The van der Waals surface area contributed by atoms with Crippen molar-refractivity contribution in [1.29, 1.82) is 0 Å². The Hall–Kier alpha value is -2.26. The summed E-state index contributed by atoms with van der Waals surface area (Å²) in [5, 5.41) is 10.4. The van der Waals surface area contributed by atoms with E-state index in [1.54, 1.807) is 7.05 Å². The van der Waals surface area contributed by atoms with Crippen LogP contribution in [0.4, 0.5) is 14.7 Å². The molecule has 2 heterocycles. The summed E-state index contributed by atoms with van der Waals surface area (Å²) in [4.78, 5) is 16.7. The molecule has 1 fully saturated rings. The molecular formula is C16H20ClF2N5O2. The van der Waals surface area contributed by atoms with E-state index >= 15 is 0 Å². The number of aromatic nitrogens is 3. The second-order valence-electron chi connectivity index (χ2n) is 5.80. The van der Waals surface area contributed by atoms with Gasteiger partial charge in [-0.25, -0.2) is 4.68 Å². The van der Waals surface area contributed by atoms with Crippen LogP contribution in [0, 0.1) is 0 Å². The fourth-order valence-electron chi connectivity index (χ4n) is 2.73. The molecule has 2 aromatic rings. The van der Waals surface area contributed by atoms with E-state index in [4.69, 9.17) is 0 Å². The number of ether oxygens (including phenoxy) is 1. The summed E-state index contributed by atoms with van der Waals surface area (Å²) in [7, 11) is 1.72. The Kier molecular flexibility index (Phi) is 6.87. The molecule has 1 aromatic carbocycles. The summed E-state index contributed by atoms with van der Waals surface area (Å²) < 4.78 is 30.1. The Labute approximate surface area is 155 Å². The van der Waals surface area contributed by atoms with Crippen molar-refractivity contribution in [1.82, 2.24) is 20.1 Å². The average Bonchev–Trinajstić information content (AvgIpc) is 2.96. The highest BCUT2D eigenvalue weighted by atomic mass is 35.5. The lowest BCUT2D eigenvalue weighted by atomic mass is 9.98. The van der Waals surface area contributed by atoms with Gasteiger partial charge in [-0.1, -0.05) is 0 Å². The molecule has 10 heteroatoms. The number of alkyl halides is 2. The molecule has 3 rings (SSSR count). The minimum absolute atomic E-state index is 0. The number of anilines is 1. The number of rotatable bonds is 5. The number of nitrogens with zero attached hydrogens (tertiary/aromatic N) is 3. The van der Waals surface area contributed by atoms with Crippen molar-refractivity contribution >= 4 is 24.3 Å². The predicted molar refractivity (Wildman–Crippen MR) is 94.1 cm³/mol. The number of hydrogen-bond acceptors (Lipinski definition) is 5. The Bertz CT molecular complexity index is 733. The van der Waals surface area contributed by atoms with Crippen molar-refractivity contribution < 1.29 is 18.3 Å². The van der Waals surface area contributed by atoms with Gasteiger partial charge in [-0.15, -0.1) is 12.4 Å². The van der Waals surface area contributed by atoms with Crippen LogP contribution in [0.25, 0.3) is 0 Å². The van der Waals surface area contributed by atoms with E-state index in [2.05, 4.69) is 25.5 Å². The van der Waals surface area contributed by atoms with Gasteiger partial charge in [0.15, 0.2) is 5.82 Å². The normalized spacial score (nSPS) is 14.8. The fourth-order valence-corrected chi connectivity index (χ4v) is 2.73. The maximum atomic E-state index is 12.3. The minimum atomic E-state index is -2.90. The molecule has 0 radical (unpaired) electrons. The lowest BCUT2D eigenvalue weighted by Gasteiger charge is -2.19. The van der Waals surface area contributed by atoms with Gasteiger partial charge in [-0.2, -0.15) is 18.9 Å². The Morgan fingerprint density at radius 2 is 1.96 bits per heavy atom. The smallest absolute Gasteiger partial charge is 0.387 e. The molecule has 1 aliphatic rings. The first-order valence-electron chi connectivity index (χ1n) is 8.01. The first-order chi connectivity index (χ1) is 12.0. The number of hydrogen-bond donors (Lipinski definition) is 2. The molecule has 0 bridgehead atoms. The largest absolute Gasteiger partial charge is 0.435 e. The van der Waals surface area contributed by atoms with Crippen LogP contribution in [0.1, 0.15) is 34.9 Å². The molecule has 1 saturated heterocycles. The van der Waals surface area contributed by atoms with Gasteiger partial charge in [-0.3, -0.25) is 10.1 Å². The zero-order chi connectivity index (χ0) is 17.8. The summed E-state index contributed by atoms with van der Waals surface area (Å²) in [6.07, 6.45) is 1.92. The van der Waals surface area contributed by atoms with Crippen molar-refractivity contribution in [3.63, 3.8) is 0 Å². The quantitative estimate of drug-likeness (QED) is 0.824. The van der Waals surface area contributed by atoms with E-state index < -0.39 is 12.5 Å². The van der Waals surface area contributed by atoms with Crippen molar-refractivity contribution in [2.24, 2.45) is 7.05 Å². The molecule has 142 valence electrons. The SMILES string of the molecule is Cl.Cn1nc(C2CCNCC2)nc1NC(=O)c1ccc(OC(F)F)cc1. The first kappa shape index (κ1) is 20.1. The van der Waals surface area contributed by atoms with E-state index in [9.17, 15) is 13.6 Å². The van der Waals surface area contributed by atoms with Crippen molar-refractivity contribution in [3.8, 4) is 5.75 Å². The summed E-state index contributed by atoms with van der Waals surface area (Å²) >= 11 is 0. The maximum absolute atomic E-state index is 12.3. The third-order valence-electron chi connectivity index (χ3n) is 4.05. The van der Waals surface area contributed by atoms with Crippen LogP contribution in [-0.2, 0) is 7.05 Å². The molecule has 0 spiro atoms. The highest BCUT2D eigenvalue weighted by Gasteiger charge is 2.21. The number of carbonyl (C=O) groups excluding carboxylic acids is 1. The monoisotopic (exact) mass is 387 g/mol. The number of carbonyl (C=O) groups is 1. The van der Waals surface area contributed by atoms with Crippen LogP contribution < -0.4 is 15.4 Å². The number of halogens is 3. The van der Waals surface area contributed by atoms with Crippen LogP contribution in [0.2, 0.25) is 0 Å². The number of benzene rings is 1. The number of nitrogens with one attached hydrogen (secondary N) is 2. The molecule has 2 N–H and O–H groups in total. The van der Waals surface area contributed by atoms with Crippen LogP contribution in [0.5, 0.6) is 5.75 Å². The maximum Gasteiger partial charge on any atom is 0.387 e. The van der Waals surface area contributed by atoms with Gasteiger partial charge in [0.25, 0.3) is 5.91 Å². The predicted octanol–water partition coefficient (Wildman–Crippen LogP) is 2.56. The first-order valence-corrected chi connectivity index (χ1v) is 8.01. The van der Waals surface area contributed by atoms with Crippen LogP contribution in [0.15, 0.2) is 24.3 Å². The third kappa shape index (κ3) is 4.89. The van der Waals surface area contributed by atoms with Gasteiger partial charge >= 0.3 is 6.61 Å². The van der Waals surface area contributed by atoms with E-state index in [0.717, 1.165) is 31.8 Å². The van der Waals surface area contributed by atoms with Gasteiger partial charge < -0.3 is 10.1 Å². The molecule has 0 atom stereocenters. The van der Waals surface area contributed by atoms with Crippen molar-refractivity contribution in [2.75, 3.05) is 18.4 Å². The van der Waals surface area contributed by atoms with Crippen LogP contribution in [0.3, 0.4) is 0 Å². The van der Waals surface area contributed by atoms with Gasteiger partial charge in [0.05, 0.1) is 0 Å². The Morgan fingerprint density at radius 1 is 1.31 bits per heavy atom. The summed E-state index contributed by atoms with van der Waals surface area (Å²) in [5.74, 6) is 0.963. The van der Waals surface area contributed by atoms with Gasteiger partial charge in [-0.05, 0) is 50.2 Å². The van der Waals surface area contributed by atoms with Crippen LogP contribution >= 0.6 is 12.4 Å². The van der Waals surface area contributed by atoms with Gasteiger partial charge in [0.1, 0.15) is 5.75 Å². The van der Waals surface area contributed by atoms with E-state index in [1.807, 2.05) is 0 Å². The fraction of sp³-hybridized carbons (Fsp3) is 0.438. The van der Waals surface area contributed by atoms with Gasteiger partial charge in [0, 0.05) is 18.5 Å². The minimum Gasteiger partial charge on any atom is -0.435 e.